The van der Waals surface area contributed by atoms with E-state index in [2.05, 4.69) is 23.7 Å². The van der Waals surface area contributed by atoms with E-state index in [0.29, 0.717) is 24.4 Å². The van der Waals surface area contributed by atoms with Crippen LogP contribution in [0.25, 0.3) is 0 Å². The molecule has 0 bridgehead atoms. The first-order valence-electron chi connectivity index (χ1n) is 9.23. The number of ether oxygens (including phenoxy) is 1. The van der Waals surface area contributed by atoms with E-state index in [1.54, 1.807) is 0 Å². The molecular weight excluding hydrogens is 322 g/mol. The lowest BCUT2D eigenvalue weighted by atomic mass is 9.59. The van der Waals surface area contributed by atoms with E-state index in [4.69, 9.17) is 10.5 Å². The summed E-state index contributed by atoms with van der Waals surface area (Å²) in [6.07, 6.45) is 7.11. The Morgan fingerprint density at radius 2 is 2.21 bits per heavy atom. The van der Waals surface area contributed by atoms with Crippen LogP contribution in [0.1, 0.15) is 67.9 Å². The van der Waals surface area contributed by atoms with Crippen LogP contribution in [0.5, 0.6) is 0 Å². The van der Waals surface area contributed by atoms with E-state index in [1.165, 1.54) is 37.0 Å². The molecule has 24 heavy (non-hydrogen) atoms. The second kappa shape index (κ2) is 7.50. The van der Waals surface area contributed by atoms with Crippen LogP contribution in [0.4, 0.5) is 0 Å². The van der Waals surface area contributed by atoms with Gasteiger partial charge in [0.15, 0.2) is 0 Å². The van der Waals surface area contributed by atoms with Crippen molar-refractivity contribution in [3.05, 3.63) is 16.1 Å². The third-order valence-corrected chi connectivity index (χ3v) is 6.56. The Hall–Kier alpha value is -0.980. The molecule has 6 heteroatoms. The molecule has 2 aliphatic rings. The molecule has 2 atom stereocenters. The predicted octanol–water partition coefficient (Wildman–Crippen LogP) is 3.19. The standard InChI is InChI=1S/C18H29N3O2S/c1-3-9-21(17(22)13-12-24-16(11-19)20-13)14-10-15(23-4-2)18(14)7-5-6-8-18/h12,14-15H,3-11,19H2,1-2H3. The van der Waals surface area contributed by atoms with Crippen LogP contribution in [-0.2, 0) is 11.3 Å². The Kier molecular flexibility index (Phi) is 5.57. The van der Waals surface area contributed by atoms with Gasteiger partial charge in [-0.25, -0.2) is 4.98 Å². The van der Waals surface area contributed by atoms with E-state index >= 15 is 0 Å². The number of aromatic nitrogens is 1. The molecule has 3 rings (SSSR count). The van der Waals surface area contributed by atoms with Gasteiger partial charge in [-0.05, 0) is 32.6 Å². The Balaban J connectivity index is 1.81. The number of rotatable bonds is 7. The summed E-state index contributed by atoms with van der Waals surface area (Å²) in [5.41, 5.74) is 6.38. The molecule has 1 spiro atoms. The van der Waals surface area contributed by atoms with Gasteiger partial charge in [0.25, 0.3) is 5.91 Å². The molecular formula is C18H29N3O2S. The fourth-order valence-corrected chi connectivity index (χ4v) is 5.23. The molecule has 2 N–H and O–H groups in total. The number of nitrogens with two attached hydrogens (primary N) is 1. The SMILES string of the molecule is CCCN(C(=O)c1csc(CN)n1)C1CC(OCC)C12CCCC2. The van der Waals surface area contributed by atoms with Crippen molar-refractivity contribution in [2.75, 3.05) is 13.2 Å². The molecule has 1 heterocycles. The van der Waals surface area contributed by atoms with Gasteiger partial charge in [-0.3, -0.25) is 4.79 Å². The topological polar surface area (TPSA) is 68.5 Å². The number of nitrogens with zero attached hydrogens (tertiary/aromatic N) is 2. The number of hydrogen-bond donors (Lipinski definition) is 1. The summed E-state index contributed by atoms with van der Waals surface area (Å²) >= 11 is 1.47. The molecule has 5 nitrogen and oxygen atoms in total. The van der Waals surface area contributed by atoms with E-state index < -0.39 is 0 Å². The Bertz CT molecular complexity index is 568. The highest BCUT2D eigenvalue weighted by Crippen LogP contribution is 2.56. The van der Waals surface area contributed by atoms with Crippen LogP contribution >= 0.6 is 11.3 Å². The third-order valence-electron chi connectivity index (χ3n) is 5.69. The molecule has 0 radical (unpaired) electrons. The molecule has 0 aromatic carbocycles. The molecule has 134 valence electrons. The van der Waals surface area contributed by atoms with Gasteiger partial charge in [0, 0.05) is 36.5 Å². The molecule has 2 saturated carbocycles. The van der Waals surface area contributed by atoms with Gasteiger partial charge in [0.05, 0.1) is 6.10 Å². The first-order valence-corrected chi connectivity index (χ1v) is 10.1. The van der Waals surface area contributed by atoms with Gasteiger partial charge in [-0.2, -0.15) is 0 Å². The average molecular weight is 352 g/mol. The molecule has 2 fully saturated rings. The van der Waals surface area contributed by atoms with Crippen LogP contribution in [0, 0.1) is 5.41 Å². The van der Waals surface area contributed by atoms with Crippen molar-refractivity contribution in [2.24, 2.45) is 11.1 Å². The summed E-state index contributed by atoms with van der Waals surface area (Å²) in [7, 11) is 0. The number of hydrogen-bond acceptors (Lipinski definition) is 5. The Labute approximate surface area is 148 Å². The van der Waals surface area contributed by atoms with E-state index in [1.807, 2.05) is 5.38 Å². The van der Waals surface area contributed by atoms with E-state index in [0.717, 1.165) is 31.0 Å². The first kappa shape index (κ1) is 17.8. The van der Waals surface area contributed by atoms with Crippen LogP contribution in [0.2, 0.25) is 0 Å². The maximum atomic E-state index is 13.1. The molecule has 1 amide bonds. The van der Waals surface area contributed by atoms with E-state index in [9.17, 15) is 4.79 Å². The van der Waals surface area contributed by atoms with Gasteiger partial charge >= 0.3 is 0 Å². The highest BCUT2D eigenvalue weighted by atomic mass is 32.1. The summed E-state index contributed by atoms with van der Waals surface area (Å²) in [6.45, 7) is 6.14. The fourth-order valence-electron chi connectivity index (χ4n) is 4.58. The van der Waals surface area contributed by atoms with Crippen LogP contribution in [0.3, 0.4) is 0 Å². The highest BCUT2D eigenvalue weighted by molar-refractivity contribution is 7.09. The van der Waals surface area contributed by atoms with Crippen molar-refractivity contribution in [2.45, 2.75) is 71.1 Å². The molecule has 0 saturated heterocycles. The number of amides is 1. The molecule has 0 aliphatic heterocycles. The van der Waals surface area contributed by atoms with Gasteiger partial charge in [0.2, 0.25) is 0 Å². The summed E-state index contributed by atoms with van der Waals surface area (Å²) < 4.78 is 6.01. The Morgan fingerprint density at radius 3 is 2.79 bits per heavy atom. The lowest BCUT2D eigenvalue weighted by Gasteiger charge is -2.57. The minimum absolute atomic E-state index is 0.0685. The zero-order valence-electron chi connectivity index (χ0n) is 14.8. The summed E-state index contributed by atoms with van der Waals surface area (Å²) in [4.78, 5) is 19.6. The summed E-state index contributed by atoms with van der Waals surface area (Å²) in [5.74, 6) is 0.0685. The number of carbonyl (C=O) groups is 1. The third kappa shape index (κ3) is 3.00. The van der Waals surface area contributed by atoms with Crippen molar-refractivity contribution < 1.29 is 9.53 Å². The average Bonchev–Trinajstić information content (AvgIpc) is 3.26. The second-order valence-electron chi connectivity index (χ2n) is 6.96. The number of carbonyl (C=O) groups excluding carboxylic acids is 1. The molecule has 1 aromatic rings. The first-order chi connectivity index (χ1) is 11.7. The lowest BCUT2D eigenvalue weighted by molar-refractivity contribution is -0.156. The zero-order chi connectivity index (χ0) is 17.2. The minimum atomic E-state index is 0.0685. The van der Waals surface area contributed by atoms with Gasteiger partial charge in [-0.15, -0.1) is 11.3 Å². The Morgan fingerprint density at radius 1 is 1.46 bits per heavy atom. The van der Waals surface area contributed by atoms with Gasteiger partial charge in [-0.1, -0.05) is 19.8 Å². The zero-order valence-corrected chi connectivity index (χ0v) is 15.6. The second-order valence-corrected chi connectivity index (χ2v) is 7.91. The van der Waals surface area contributed by atoms with Crippen LogP contribution in [0.15, 0.2) is 5.38 Å². The highest BCUT2D eigenvalue weighted by Gasteiger charge is 2.59. The van der Waals surface area contributed by atoms with Crippen molar-refractivity contribution >= 4 is 17.2 Å². The fraction of sp³-hybridized carbons (Fsp3) is 0.778. The van der Waals surface area contributed by atoms with Crippen molar-refractivity contribution in [3.63, 3.8) is 0 Å². The molecule has 1 aromatic heterocycles. The van der Waals surface area contributed by atoms with Crippen molar-refractivity contribution in [3.8, 4) is 0 Å². The van der Waals surface area contributed by atoms with Gasteiger partial charge in [0.1, 0.15) is 10.7 Å². The van der Waals surface area contributed by atoms with Crippen molar-refractivity contribution in [1.29, 1.82) is 0 Å². The van der Waals surface area contributed by atoms with Crippen LogP contribution in [-0.4, -0.2) is 41.1 Å². The lowest BCUT2D eigenvalue weighted by Crippen LogP contribution is -2.65. The smallest absolute Gasteiger partial charge is 0.273 e. The van der Waals surface area contributed by atoms with Crippen LogP contribution < -0.4 is 5.73 Å². The number of thiazole rings is 1. The quantitative estimate of drug-likeness (QED) is 0.819. The van der Waals surface area contributed by atoms with Crippen molar-refractivity contribution in [1.82, 2.24) is 9.88 Å². The minimum Gasteiger partial charge on any atom is -0.378 e. The monoisotopic (exact) mass is 351 g/mol. The maximum absolute atomic E-state index is 13.1. The van der Waals surface area contributed by atoms with Gasteiger partial charge < -0.3 is 15.4 Å². The largest absolute Gasteiger partial charge is 0.378 e. The summed E-state index contributed by atoms with van der Waals surface area (Å²) in [5, 5.41) is 2.68. The predicted molar refractivity (Wildman–Crippen MR) is 96.1 cm³/mol. The molecule has 2 unspecified atom stereocenters. The normalized spacial score (nSPS) is 25.0. The molecule has 2 aliphatic carbocycles. The van der Waals surface area contributed by atoms with E-state index in [-0.39, 0.29) is 11.3 Å². The summed E-state index contributed by atoms with van der Waals surface area (Å²) in [6, 6.07) is 0.298. The maximum Gasteiger partial charge on any atom is 0.273 e.